The summed E-state index contributed by atoms with van der Waals surface area (Å²) in [5, 5.41) is 7.98. The molecule has 0 bridgehead atoms. The Morgan fingerprint density at radius 2 is 2.11 bits per heavy atom. The summed E-state index contributed by atoms with van der Waals surface area (Å²) < 4.78 is 0. The van der Waals surface area contributed by atoms with Crippen molar-refractivity contribution in [1.82, 2.24) is 15.2 Å². The van der Waals surface area contributed by atoms with Crippen molar-refractivity contribution in [3.05, 3.63) is 48.2 Å². The first kappa shape index (κ1) is 10.5. The fourth-order valence-electron chi connectivity index (χ4n) is 1.87. The highest BCUT2D eigenvalue weighted by Gasteiger charge is 2.10. The van der Waals surface area contributed by atoms with E-state index in [1.807, 2.05) is 18.2 Å². The van der Waals surface area contributed by atoms with Gasteiger partial charge < -0.3 is 5.73 Å². The van der Waals surface area contributed by atoms with E-state index >= 15 is 0 Å². The Labute approximate surface area is 103 Å². The lowest BCUT2D eigenvalue weighted by Gasteiger charge is -1.98. The molecule has 0 fully saturated rings. The van der Waals surface area contributed by atoms with Crippen molar-refractivity contribution in [3.63, 3.8) is 0 Å². The molecule has 5 heteroatoms. The summed E-state index contributed by atoms with van der Waals surface area (Å²) >= 11 is 0. The first-order chi connectivity index (χ1) is 8.75. The minimum atomic E-state index is -0.454. The van der Waals surface area contributed by atoms with E-state index in [1.54, 1.807) is 24.4 Å². The van der Waals surface area contributed by atoms with Gasteiger partial charge in [-0.2, -0.15) is 5.10 Å². The van der Waals surface area contributed by atoms with Crippen LogP contribution < -0.4 is 5.73 Å². The molecule has 0 unspecified atom stereocenters. The number of benzene rings is 1. The molecule has 1 aromatic carbocycles. The van der Waals surface area contributed by atoms with E-state index in [0.29, 0.717) is 11.3 Å². The van der Waals surface area contributed by atoms with Crippen LogP contribution in [0.1, 0.15) is 10.4 Å². The molecule has 2 aromatic heterocycles. The minimum absolute atomic E-state index is 0.454. The Kier molecular flexibility index (Phi) is 2.30. The normalized spacial score (nSPS) is 10.7. The van der Waals surface area contributed by atoms with Gasteiger partial charge in [-0.25, -0.2) is 0 Å². The third-order valence-corrected chi connectivity index (χ3v) is 2.75. The number of aromatic amines is 1. The summed E-state index contributed by atoms with van der Waals surface area (Å²) in [5.74, 6) is -0.454. The first-order valence-corrected chi connectivity index (χ1v) is 5.45. The highest BCUT2D eigenvalue weighted by atomic mass is 16.1. The van der Waals surface area contributed by atoms with Crippen LogP contribution in [0, 0.1) is 0 Å². The fraction of sp³-hybridized carbons (Fsp3) is 0. The molecule has 3 N–H and O–H groups in total. The molecule has 18 heavy (non-hydrogen) atoms. The topological polar surface area (TPSA) is 84.7 Å². The zero-order valence-corrected chi connectivity index (χ0v) is 9.42. The number of nitrogens with zero attached hydrogens (tertiary/aromatic N) is 2. The second-order valence-corrected chi connectivity index (χ2v) is 3.91. The summed E-state index contributed by atoms with van der Waals surface area (Å²) in [6.07, 6.45) is 1.70. The maximum absolute atomic E-state index is 11.2. The molecule has 5 nitrogen and oxygen atoms in total. The summed E-state index contributed by atoms with van der Waals surface area (Å²) in [6, 6.07) is 10.8. The zero-order chi connectivity index (χ0) is 12.5. The number of hydrogen-bond donors (Lipinski definition) is 2. The Hall–Kier alpha value is -2.69. The number of rotatable bonds is 2. The average Bonchev–Trinajstić information content (AvgIpc) is 2.82. The van der Waals surface area contributed by atoms with Gasteiger partial charge in [0.15, 0.2) is 0 Å². The van der Waals surface area contributed by atoms with E-state index in [1.165, 1.54) is 0 Å². The van der Waals surface area contributed by atoms with Gasteiger partial charge in [-0.1, -0.05) is 6.07 Å². The SMILES string of the molecule is NC(=O)c1ccc2[nH]nc(-c3ccccn3)c2c1. The number of pyridine rings is 1. The van der Waals surface area contributed by atoms with Crippen LogP contribution >= 0.6 is 0 Å². The molecule has 0 saturated heterocycles. The third kappa shape index (κ3) is 1.62. The van der Waals surface area contributed by atoms with Crippen LogP contribution in [-0.4, -0.2) is 21.1 Å². The molecule has 3 aromatic rings. The lowest BCUT2D eigenvalue weighted by atomic mass is 10.1. The van der Waals surface area contributed by atoms with E-state index in [0.717, 1.165) is 16.6 Å². The van der Waals surface area contributed by atoms with E-state index in [4.69, 9.17) is 5.73 Å². The van der Waals surface area contributed by atoms with Crippen molar-refractivity contribution < 1.29 is 4.79 Å². The second kappa shape index (κ2) is 3.96. The predicted molar refractivity (Wildman–Crippen MR) is 67.8 cm³/mol. The molecule has 0 aliphatic heterocycles. The standard InChI is InChI=1S/C13H10N4O/c14-13(18)8-4-5-10-9(7-8)12(17-16-10)11-3-1-2-6-15-11/h1-7H,(H2,14,18)(H,16,17). The molecular weight excluding hydrogens is 228 g/mol. The maximum atomic E-state index is 11.2. The van der Waals surface area contributed by atoms with Gasteiger partial charge in [0.2, 0.25) is 5.91 Å². The molecule has 2 heterocycles. The lowest BCUT2D eigenvalue weighted by molar-refractivity contribution is 0.100. The lowest BCUT2D eigenvalue weighted by Crippen LogP contribution is -2.10. The van der Waals surface area contributed by atoms with Crippen molar-refractivity contribution in [2.45, 2.75) is 0 Å². The van der Waals surface area contributed by atoms with Crippen LogP contribution in [0.3, 0.4) is 0 Å². The third-order valence-electron chi connectivity index (χ3n) is 2.75. The number of nitrogens with two attached hydrogens (primary N) is 1. The van der Waals surface area contributed by atoms with Gasteiger partial charge in [-0.3, -0.25) is 14.9 Å². The number of carbonyl (C=O) groups is 1. The quantitative estimate of drug-likeness (QED) is 0.712. The first-order valence-electron chi connectivity index (χ1n) is 5.45. The van der Waals surface area contributed by atoms with Gasteiger partial charge in [0, 0.05) is 17.1 Å². The number of aromatic nitrogens is 3. The van der Waals surface area contributed by atoms with Crippen LogP contribution in [0.5, 0.6) is 0 Å². The van der Waals surface area contributed by atoms with Gasteiger partial charge in [-0.05, 0) is 30.3 Å². The minimum Gasteiger partial charge on any atom is -0.366 e. The molecule has 0 radical (unpaired) electrons. The Morgan fingerprint density at radius 3 is 2.83 bits per heavy atom. The highest BCUT2D eigenvalue weighted by Crippen LogP contribution is 2.25. The average molecular weight is 238 g/mol. The molecule has 0 aliphatic carbocycles. The highest BCUT2D eigenvalue weighted by molar-refractivity contribution is 6.00. The van der Waals surface area contributed by atoms with Gasteiger partial charge in [0.05, 0.1) is 11.2 Å². The smallest absolute Gasteiger partial charge is 0.248 e. The molecule has 0 aliphatic rings. The van der Waals surface area contributed by atoms with Crippen LogP contribution in [0.15, 0.2) is 42.6 Å². The fourth-order valence-corrected chi connectivity index (χ4v) is 1.87. The molecule has 3 rings (SSSR count). The zero-order valence-electron chi connectivity index (χ0n) is 9.42. The second-order valence-electron chi connectivity index (χ2n) is 3.91. The number of carbonyl (C=O) groups excluding carboxylic acids is 1. The summed E-state index contributed by atoms with van der Waals surface area (Å²) in [7, 11) is 0. The molecular formula is C13H10N4O. The van der Waals surface area contributed by atoms with Crippen LogP contribution in [-0.2, 0) is 0 Å². The Bertz CT molecular complexity index is 718. The van der Waals surface area contributed by atoms with Crippen LogP contribution in [0.25, 0.3) is 22.3 Å². The molecule has 0 atom stereocenters. The number of hydrogen-bond acceptors (Lipinski definition) is 3. The summed E-state index contributed by atoms with van der Waals surface area (Å²) in [5.41, 5.74) is 8.06. The number of primary amides is 1. The predicted octanol–water partition coefficient (Wildman–Crippen LogP) is 1.72. The largest absolute Gasteiger partial charge is 0.366 e. The molecule has 88 valence electrons. The van der Waals surface area contributed by atoms with E-state index < -0.39 is 5.91 Å². The Morgan fingerprint density at radius 1 is 1.22 bits per heavy atom. The van der Waals surface area contributed by atoms with Crippen molar-refractivity contribution >= 4 is 16.8 Å². The van der Waals surface area contributed by atoms with E-state index in [2.05, 4.69) is 15.2 Å². The van der Waals surface area contributed by atoms with Crippen molar-refractivity contribution in [1.29, 1.82) is 0 Å². The molecule has 0 spiro atoms. The van der Waals surface area contributed by atoms with Crippen molar-refractivity contribution in [2.24, 2.45) is 5.73 Å². The van der Waals surface area contributed by atoms with Gasteiger partial charge in [0.25, 0.3) is 0 Å². The van der Waals surface area contributed by atoms with E-state index in [9.17, 15) is 4.79 Å². The van der Waals surface area contributed by atoms with E-state index in [-0.39, 0.29) is 0 Å². The number of fused-ring (bicyclic) bond motifs is 1. The van der Waals surface area contributed by atoms with Crippen molar-refractivity contribution in [2.75, 3.05) is 0 Å². The maximum Gasteiger partial charge on any atom is 0.248 e. The van der Waals surface area contributed by atoms with Crippen molar-refractivity contribution in [3.8, 4) is 11.4 Å². The molecule has 1 amide bonds. The van der Waals surface area contributed by atoms with Gasteiger partial charge in [0.1, 0.15) is 5.69 Å². The number of nitrogens with one attached hydrogen (secondary N) is 1. The van der Waals surface area contributed by atoms with Crippen LogP contribution in [0.2, 0.25) is 0 Å². The van der Waals surface area contributed by atoms with Crippen LogP contribution in [0.4, 0.5) is 0 Å². The number of H-pyrrole nitrogens is 1. The number of amides is 1. The Balaban J connectivity index is 2.24. The van der Waals surface area contributed by atoms with Gasteiger partial charge >= 0.3 is 0 Å². The summed E-state index contributed by atoms with van der Waals surface area (Å²) in [4.78, 5) is 15.4. The summed E-state index contributed by atoms with van der Waals surface area (Å²) in [6.45, 7) is 0. The van der Waals surface area contributed by atoms with Gasteiger partial charge in [-0.15, -0.1) is 0 Å². The monoisotopic (exact) mass is 238 g/mol. The molecule has 0 saturated carbocycles.